The lowest BCUT2D eigenvalue weighted by Gasteiger charge is -2.24. The van der Waals surface area contributed by atoms with Crippen LogP contribution >= 0.6 is 11.3 Å². The Morgan fingerprint density at radius 1 is 1.38 bits per heavy atom. The Labute approximate surface area is 148 Å². The van der Waals surface area contributed by atoms with Crippen molar-refractivity contribution in [1.82, 2.24) is 9.21 Å². The van der Waals surface area contributed by atoms with E-state index in [0.29, 0.717) is 43.6 Å². The molecule has 8 heteroatoms. The smallest absolute Gasteiger partial charge is 0.265 e. The molecule has 1 amide bonds. The molecule has 136 valence electrons. The van der Waals surface area contributed by atoms with Crippen LogP contribution in [-0.4, -0.2) is 63.4 Å². The number of sulfonamides is 1. The Morgan fingerprint density at radius 2 is 2.04 bits per heavy atom. The molecule has 1 saturated heterocycles. The minimum atomic E-state index is -3.59. The summed E-state index contributed by atoms with van der Waals surface area (Å²) in [6, 6.07) is 1.55. The van der Waals surface area contributed by atoms with Crippen LogP contribution in [0.25, 0.3) is 0 Å². The van der Waals surface area contributed by atoms with Crippen molar-refractivity contribution < 1.29 is 17.9 Å². The molecule has 0 aromatic carbocycles. The van der Waals surface area contributed by atoms with E-state index >= 15 is 0 Å². The highest BCUT2D eigenvalue weighted by molar-refractivity contribution is 7.89. The van der Waals surface area contributed by atoms with Gasteiger partial charge in [-0.05, 0) is 30.2 Å². The molecule has 2 heterocycles. The van der Waals surface area contributed by atoms with Crippen LogP contribution in [0.3, 0.4) is 0 Å². The fraction of sp³-hybridized carbons (Fsp3) is 0.688. The largest absolute Gasteiger partial charge is 0.383 e. The van der Waals surface area contributed by atoms with Crippen molar-refractivity contribution in [1.29, 1.82) is 0 Å². The van der Waals surface area contributed by atoms with Gasteiger partial charge in [-0.25, -0.2) is 8.42 Å². The van der Waals surface area contributed by atoms with E-state index in [1.165, 1.54) is 15.6 Å². The van der Waals surface area contributed by atoms with Crippen LogP contribution < -0.4 is 0 Å². The number of methoxy groups -OCH3 is 1. The van der Waals surface area contributed by atoms with E-state index in [4.69, 9.17) is 4.74 Å². The molecule has 1 aromatic heterocycles. The molecule has 0 radical (unpaired) electrons. The summed E-state index contributed by atoms with van der Waals surface area (Å²) in [5, 5.41) is 1.68. The fourth-order valence-corrected chi connectivity index (χ4v) is 5.67. The predicted octanol–water partition coefficient (Wildman–Crippen LogP) is 2.28. The average molecular weight is 375 g/mol. The predicted molar refractivity (Wildman–Crippen MR) is 94.9 cm³/mol. The summed E-state index contributed by atoms with van der Waals surface area (Å²) < 4.78 is 32.2. The van der Waals surface area contributed by atoms with Gasteiger partial charge in [0.1, 0.15) is 9.77 Å². The number of amides is 1. The van der Waals surface area contributed by atoms with E-state index in [-0.39, 0.29) is 10.8 Å². The Morgan fingerprint density at radius 3 is 2.62 bits per heavy atom. The van der Waals surface area contributed by atoms with Gasteiger partial charge in [0.15, 0.2) is 0 Å². The van der Waals surface area contributed by atoms with Crippen molar-refractivity contribution in [2.45, 2.75) is 31.6 Å². The molecular formula is C16H26N2O4S2. The molecular weight excluding hydrogens is 348 g/mol. The lowest BCUT2D eigenvalue weighted by molar-refractivity contribution is 0.0673. The first-order valence-electron chi connectivity index (χ1n) is 8.23. The first kappa shape index (κ1) is 19.4. The quantitative estimate of drug-likeness (QED) is 0.700. The molecule has 0 aliphatic carbocycles. The lowest BCUT2D eigenvalue weighted by atomic mass is 10.2. The Kier molecular flexibility index (Phi) is 6.79. The topological polar surface area (TPSA) is 66.9 Å². The maximum Gasteiger partial charge on any atom is 0.265 e. The zero-order chi connectivity index (χ0) is 17.7. The van der Waals surface area contributed by atoms with Crippen molar-refractivity contribution in [2.75, 3.05) is 39.9 Å². The number of carbonyl (C=O) groups is 1. The van der Waals surface area contributed by atoms with E-state index in [9.17, 15) is 13.2 Å². The molecule has 24 heavy (non-hydrogen) atoms. The normalized spacial score (nSPS) is 16.0. The molecule has 0 spiro atoms. The van der Waals surface area contributed by atoms with Crippen molar-refractivity contribution in [2.24, 2.45) is 5.92 Å². The highest BCUT2D eigenvalue weighted by Gasteiger charge is 2.33. The molecule has 1 fully saturated rings. The summed E-state index contributed by atoms with van der Waals surface area (Å²) in [5.74, 6) is 0.0675. The maximum absolute atomic E-state index is 12.9. The second-order valence-corrected chi connectivity index (χ2v) is 9.19. The molecule has 0 atom stereocenters. The van der Waals surface area contributed by atoms with Gasteiger partial charge >= 0.3 is 0 Å². The van der Waals surface area contributed by atoms with E-state index in [1.807, 2.05) is 13.8 Å². The summed E-state index contributed by atoms with van der Waals surface area (Å²) in [7, 11) is -2.00. The van der Waals surface area contributed by atoms with Gasteiger partial charge in [-0.2, -0.15) is 4.31 Å². The zero-order valence-corrected chi connectivity index (χ0v) is 16.2. The zero-order valence-electron chi connectivity index (χ0n) is 14.5. The molecule has 1 aromatic rings. The Hall–Kier alpha value is -0.960. The third kappa shape index (κ3) is 4.36. The molecule has 0 saturated carbocycles. The average Bonchev–Trinajstić information content (AvgIpc) is 3.21. The van der Waals surface area contributed by atoms with E-state index in [2.05, 4.69) is 0 Å². The van der Waals surface area contributed by atoms with Crippen LogP contribution in [0.2, 0.25) is 0 Å². The molecule has 1 aliphatic rings. The van der Waals surface area contributed by atoms with Crippen LogP contribution in [0, 0.1) is 5.92 Å². The Bertz CT molecular complexity index is 649. The monoisotopic (exact) mass is 374 g/mol. The lowest BCUT2D eigenvalue weighted by Crippen LogP contribution is -2.37. The van der Waals surface area contributed by atoms with Crippen molar-refractivity contribution >= 4 is 27.3 Å². The van der Waals surface area contributed by atoms with Crippen molar-refractivity contribution in [3.05, 3.63) is 16.3 Å². The van der Waals surface area contributed by atoms with Crippen LogP contribution in [0.5, 0.6) is 0 Å². The highest BCUT2D eigenvalue weighted by atomic mass is 32.2. The van der Waals surface area contributed by atoms with Crippen LogP contribution in [-0.2, 0) is 14.8 Å². The van der Waals surface area contributed by atoms with E-state index in [0.717, 1.165) is 12.8 Å². The van der Waals surface area contributed by atoms with E-state index in [1.54, 1.807) is 23.5 Å². The van der Waals surface area contributed by atoms with E-state index < -0.39 is 10.0 Å². The molecule has 0 bridgehead atoms. The SMILES string of the molecule is COCCN(CC(C)C)C(=O)c1sccc1S(=O)(=O)N1CCCC1. The van der Waals surface area contributed by atoms with Gasteiger partial charge in [-0.15, -0.1) is 11.3 Å². The fourth-order valence-electron chi connectivity index (χ4n) is 2.79. The van der Waals surface area contributed by atoms with Gasteiger partial charge in [-0.1, -0.05) is 13.8 Å². The maximum atomic E-state index is 12.9. The highest BCUT2D eigenvalue weighted by Crippen LogP contribution is 2.28. The van der Waals surface area contributed by atoms with Crippen LogP contribution in [0.1, 0.15) is 36.4 Å². The second-order valence-electron chi connectivity index (χ2n) is 6.36. The summed E-state index contributed by atoms with van der Waals surface area (Å²) >= 11 is 1.19. The van der Waals surface area contributed by atoms with Gasteiger partial charge in [0.05, 0.1) is 6.61 Å². The van der Waals surface area contributed by atoms with Gasteiger partial charge in [0, 0.05) is 33.3 Å². The number of ether oxygens (including phenoxy) is 1. The molecule has 0 unspecified atom stereocenters. The molecule has 6 nitrogen and oxygen atoms in total. The first-order valence-corrected chi connectivity index (χ1v) is 10.6. The van der Waals surface area contributed by atoms with Crippen LogP contribution in [0.4, 0.5) is 0 Å². The van der Waals surface area contributed by atoms with Gasteiger partial charge < -0.3 is 9.64 Å². The summed E-state index contributed by atoms with van der Waals surface area (Å²) in [6.07, 6.45) is 1.75. The third-order valence-corrected chi connectivity index (χ3v) is 6.92. The number of rotatable bonds is 8. The number of nitrogens with zero attached hydrogens (tertiary/aromatic N) is 2. The molecule has 0 N–H and O–H groups in total. The van der Waals surface area contributed by atoms with Crippen molar-refractivity contribution in [3.8, 4) is 0 Å². The number of carbonyl (C=O) groups excluding carboxylic acids is 1. The summed E-state index contributed by atoms with van der Waals surface area (Å²) in [4.78, 5) is 15.1. The molecule has 2 rings (SSSR count). The molecule has 1 aliphatic heterocycles. The third-order valence-electron chi connectivity index (χ3n) is 3.94. The summed E-state index contributed by atoms with van der Waals surface area (Å²) in [5.41, 5.74) is 0. The van der Waals surface area contributed by atoms with Gasteiger partial charge in [0.2, 0.25) is 10.0 Å². The van der Waals surface area contributed by atoms with Gasteiger partial charge in [0.25, 0.3) is 5.91 Å². The minimum Gasteiger partial charge on any atom is -0.383 e. The van der Waals surface area contributed by atoms with Gasteiger partial charge in [-0.3, -0.25) is 4.79 Å². The van der Waals surface area contributed by atoms with Crippen molar-refractivity contribution in [3.63, 3.8) is 0 Å². The number of hydrogen-bond acceptors (Lipinski definition) is 5. The first-order chi connectivity index (χ1) is 11.4. The summed E-state index contributed by atoms with van der Waals surface area (Å²) in [6.45, 7) is 6.58. The van der Waals surface area contributed by atoms with Crippen LogP contribution in [0.15, 0.2) is 16.3 Å². The standard InChI is InChI=1S/C16H26N2O4S2/c1-13(2)12-17(9-10-22-3)16(19)15-14(6-11-23-15)24(20,21)18-7-4-5-8-18/h6,11,13H,4-5,7-10,12H2,1-3H3. The number of hydrogen-bond donors (Lipinski definition) is 0. The second kappa shape index (κ2) is 8.42. The number of thiophene rings is 1. The minimum absolute atomic E-state index is 0.144. The Balaban J connectivity index is 2.27.